The van der Waals surface area contributed by atoms with Crippen LogP contribution in [0.25, 0.3) is 253 Å². The minimum Gasteiger partial charge on any atom is -0.0622 e. The van der Waals surface area contributed by atoms with Gasteiger partial charge in [-0.15, -0.1) is 0 Å². The second kappa shape index (κ2) is 36.9. The Kier molecular flexibility index (Phi) is 22.2. The Labute approximate surface area is 804 Å². The van der Waals surface area contributed by atoms with Gasteiger partial charge in [0.15, 0.2) is 0 Å². The van der Waals surface area contributed by atoms with Crippen LogP contribution in [0.2, 0.25) is 0 Å². The lowest BCUT2D eigenvalue weighted by Gasteiger charge is -2.20. The zero-order chi connectivity index (χ0) is 91.6. The maximum absolute atomic E-state index is 2.34. The summed E-state index contributed by atoms with van der Waals surface area (Å²) in [5.41, 5.74) is 34.7. The van der Waals surface area contributed by atoms with Crippen LogP contribution in [0.15, 0.2) is 558 Å². The molecule has 0 aliphatic carbocycles. The predicted octanol–water partition coefficient (Wildman–Crippen LogP) is 38.8. The van der Waals surface area contributed by atoms with Crippen molar-refractivity contribution in [1.82, 2.24) is 0 Å². The molecule has 0 spiro atoms. The van der Waals surface area contributed by atoms with Gasteiger partial charge in [-0.25, -0.2) is 0 Å². The summed E-state index contributed by atoms with van der Waals surface area (Å²) in [7, 11) is 0. The Morgan fingerprint density at radius 3 is 0.565 bits per heavy atom. The van der Waals surface area contributed by atoms with Crippen LogP contribution in [0.5, 0.6) is 0 Å². The quantitative estimate of drug-likeness (QED) is 0.0952. The monoisotopic (exact) mass is 1750 g/mol. The normalized spacial score (nSPS) is 11.3. The Morgan fingerprint density at radius 2 is 0.261 bits per heavy atom. The third-order valence-electron chi connectivity index (χ3n) is 27.8. The molecule has 0 heteroatoms. The third kappa shape index (κ3) is 15.8. The summed E-state index contributed by atoms with van der Waals surface area (Å²) in [6.07, 6.45) is 0. The zero-order valence-corrected chi connectivity index (χ0v) is 76.1. The van der Waals surface area contributed by atoms with Crippen molar-refractivity contribution >= 4 is 97.0 Å². The molecule has 26 rings (SSSR count). The fraction of sp³-hybridized carbons (Fsp3) is 0. The Morgan fingerprint density at radius 1 is 0.0725 bits per heavy atom. The van der Waals surface area contributed by atoms with Gasteiger partial charge in [0.1, 0.15) is 0 Å². The van der Waals surface area contributed by atoms with E-state index in [4.69, 9.17) is 0 Å². The van der Waals surface area contributed by atoms with Crippen molar-refractivity contribution in [2.75, 3.05) is 0 Å². The van der Waals surface area contributed by atoms with Gasteiger partial charge in [-0.1, -0.05) is 522 Å². The molecule has 0 aliphatic rings. The molecule has 0 heterocycles. The molecule has 0 nitrogen and oxygen atoms in total. The Bertz CT molecular complexity index is 8780. The van der Waals surface area contributed by atoms with E-state index in [-0.39, 0.29) is 0 Å². The van der Waals surface area contributed by atoms with E-state index in [9.17, 15) is 0 Å². The van der Waals surface area contributed by atoms with Crippen LogP contribution >= 0.6 is 0 Å². The van der Waals surface area contributed by atoms with Gasteiger partial charge in [-0.3, -0.25) is 0 Å². The minimum absolute atomic E-state index is 1.20. The van der Waals surface area contributed by atoms with Gasteiger partial charge in [0.2, 0.25) is 0 Å². The van der Waals surface area contributed by atoms with Crippen molar-refractivity contribution in [3.8, 4) is 156 Å². The van der Waals surface area contributed by atoms with Crippen molar-refractivity contribution in [2.24, 2.45) is 0 Å². The number of fused-ring (bicyclic) bond motifs is 9. The molecule has 0 aliphatic heterocycles. The van der Waals surface area contributed by atoms with Crippen molar-refractivity contribution < 1.29 is 0 Å². The van der Waals surface area contributed by atoms with Crippen LogP contribution in [0.3, 0.4) is 0 Å². The predicted molar refractivity (Wildman–Crippen MR) is 593 cm³/mol. The van der Waals surface area contributed by atoms with Crippen molar-refractivity contribution in [3.05, 3.63) is 558 Å². The maximum atomic E-state index is 2.34. The molecule has 138 heavy (non-hydrogen) atoms. The molecule has 0 bridgehead atoms. The molecular formula is C138H92. The second-order valence-electron chi connectivity index (χ2n) is 35.8. The highest BCUT2D eigenvalue weighted by Gasteiger charge is 2.25. The van der Waals surface area contributed by atoms with E-state index in [0.717, 1.165) is 0 Å². The smallest absolute Gasteiger partial charge is 0.00201 e. The summed E-state index contributed by atoms with van der Waals surface area (Å²) < 4.78 is 0. The number of hydrogen-bond acceptors (Lipinski definition) is 0. The van der Waals surface area contributed by atoms with E-state index in [1.54, 1.807) is 0 Å². The van der Waals surface area contributed by atoms with Gasteiger partial charge in [-0.2, -0.15) is 0 Å². The van der Waals surface area contributed by atoms with E-state index >= 15 is 0 Å². The van der Waals surface area contributed by atoms with E-state index in [1.165, 1.54) is 253 Å². The summed E-state index contributed by atoms with van der Waals surface area (Å²) >= 11 is 0. The van der Waals surface area contributed by atoms with Crippen LogP contribution in [0.1, 0.15) is 0 Å². The molecule has 26 aromatic carbocycles. The topological polar surface area (TPSA) is 0 Å². The Hall–Kier alpha value is -17.9. The first-order valence-electron chi connectivity index (χ1n) is 47.7. The fourth-order valence-corrected chi connectivity index (χ4v) is 21.4. The molecule has 644 valence electrons. The Balaban J connectivity index is 0.000000113. The maximum Gasteiger partial charge on any atom is -0.00201 e. The molecule has 0 saturated carbocycles. The lowest BCUT2D eigenvalue weighted by molar-refractivity contribution is 1.56. The molecular weight excluding hydrogens is 1660 g/mol. The summed E-state index contributed by atoms with van der Waals surface area (Å²) in [4.78, 5) is 0. The summed E-state index contributed by atoms with van der Waals surface area (Å²) in [6, 6.07) is 203. The number of rotatable bonds is 14. The lowest BCUT2D eigenvalue weighted by Crippen LogP contribution is -1.93. The highest BCUT2D eigenvalue weighted by molar-refractivity contribution is 6.26. The van der Waals surface area contributed by atoms with Crippen LogP contribution in [-0.4, -0.2) is 0 Å². The molecule has 0 radical (unpaired) electrons. The van der Waals surface area contributed by atoms with E-state index in [1.807, 2.05) is 0 Å². The molecule has 0 atom stereocenters. The first-order valence-corrected chi connectivity index (χ1v) is 47.7. The first kappa shape index (κ1) is 83.2. The summed E-state index contributed by atoms with van der Waals surface area (Å²) in [5.74, 6) is 0. The molecule has 0 N–H and O–H groups in total. The van der Waals surface area contributed by atoms with Gasteiger partial charge in [0.25, 0.3) is 0 Å². The molecule has 0 aromatic heterocycles. The van der Waals surface area contributed by atoms with Gasteiger partial charge < -0.3 is 0 Å². The average molecular weight is 1750 g/mol. The molecule has 0 fully saturated rings. The molecule has 26 aromatic rings. The van der Waals surface area contributed by atoms with Gasteiger partial charge in [-0.05, 0) is 289 Å². The van der Waals surface area contributed by atoms with Crippen LogP contribution in [0, 0.1) is 0 Å². The first-order chi connectivity index (χ1) is 68.5. The zero-order valence-electron chi connectivity index (χ0n) is 76.1. The fourth-order valence-electron chi connectivity index (χ4n) is 21.4. The second-order valence-corrected chi connectivity index (χ2v) is 35.8. The SMILES string of the molecule is c1ccc(-c2cc(-c3ccccc3)cc(-c3ccc(-c4c5ccccc5c(-c5ccc6ccccc6c5)c5ccccc45)cc3)c2)cc1.c1ccc(-c2cccc(-c3ccccc3)c2-c2ccc(-c3c4ccccc4c(-c4ccc5ccccc5c4)c4ccccc34)cc2)cc1.c1ccc(-c2ccccc2-c2ccccc2-c2c3ccccc3c(-c3ccc4ccccc4c3)c3ccccc23)cc1. The average Bonchev–Trinajstić information content (AvgIpc) is 0.714. The molecule has 0 unspecified atom stereocenters. The molecule has 0 saturated heterocycles. The van der Waals surface area contributed by atoms with E-state index < -0.39 is 0 Å². The standard InChI is InChI=1S/2C48H32.C42H28/c1-3-15-34(16-4-1)40-24-13-25-41(35-17-5-2-6-18-35)46(40)36-27-29-37(30-28-36)47-42-20-9-11-22-44(42)48(45-23-12-10-21-43(45)47)39-31-26-33-14-7-8-19-38(33)32-39;1-3-13-33(14-4-1)40-30-41(34-15-5-2-6-16-34)32-42(31-40)36-23-26-37(27-24-36)47-43-19-9-11-21-45(43)48(46-22-12-10-20-44(46)47)39-28-25-35-17-7-8-18-38(35)29-39;1-2-15-30(16-3-1)33-18-6-7-19-34(33)35-20-8-9-21-36(35)42-39-24-12-10-22-37(39)41(38-23-11-13-25-40(38)42)32-27-26-29-14-4-5-17-31(29)28-32/h2*1-32H;1-28H. The van der Waals surface area contributed by atoms with Crippen molar-refractivity contribution in [1.29, 1.82) is 0 Å². The highest BCUT2D eigenvalue weighted by atomic mass is 14.3. The highest BCUT2D eigenvalue weighted by Crippen LogP contribution is 2.52. The molecule has 0 amide bonds. The largest absolute Gasteiger partial charge is 0.0622 e. The van der Waals surface area contributed by atoms with Crippen molar-refractivity contribution in [2.45, 2.75) is 0 Å². The van der Waals surface area contributed by atoms with Gasteiger partial charge in [0.05, 0.1) is 0 Å². The number of benzene rings is 26. The summed E-state index contributed by atoms with van der Waals surface area (Å²) in [5, 5.41) is 22.8. The summed E-state index contributed by atoms with van der Waals surface area (Å²) in [6.45, 7) is 0. The van der Waals surface area contributed by atoms with Crippen LogP contribution in [-0.2, 0) is 0 Å². The number of hydrogen-bond donors (Lipinski definition) is 0. The minimum atomic E-state index is 1.20. The third-order valence-corrected chi connectivity index (χ3v) is 27.8. The lowest BCUT2D eigenvalue weighted by atomic mass is 9.82. The van der Waals surface area contributed by atoms with Crippen molar-refractivity contribution in [3.63, 3.8) is 0 Å². The van der Waals surface area contributed by atoms with Gasteiger partial charge >= 0.3 is 0 Å². The van der Waals surface area contributed by atoms with E-state index in [2.05, 4.69) is 558 Å². The van der Waals surface area contributed by atoms with E-state index in [0.29, 0.717) is 0 Å². The van der Waals surface area contributed by atoms with Gasteiger partial charge in [0, 0.05) is 0 Å². The van der Waals surface area contributed by atoms with Crippen LogP contribution in [0.4, 0.5) is 0 Å². The van der Waals surface area contributed by atoms with Crippen LogP contribution < -0.4 is 0 Å².